The number of ether oxygens (including phenoxy) is 13. The Balaban J connectivity index is 3.06. The number of hydrogen-bond donors (Lipinski definition) is 0. The predicted molar refractivity (Wildman–Crippen MR) is 180 cm³/mol. The van der Waals surface area contributed by atoms with E-state index in [2.05, 4.69) is 27.7 Å². The van der Waals surface area contributed by atoms with Crippen LogP contribution >= 0.6 is 0 Å². The van der Waals surface area contributed by atoms with Crippen LogP contribution in [0.1, 0.15) is 40.5 Å². The fraction of sp³-hybridized carbons (Fsp3) is 1.00. The average Bonchev–Trinajstić information content (AvgIpc) is 3.08. The molecule has 0 N–H and O–H groups in total. The van der Waals surface area contributed by atoms with Crippen molar-refractivity contribution in [3.05, 3.63) is 0 Å². The van der Waals surface area contributed by atoms with E-state index in [1.807, 2.05) is 0 Å². The van der Waals surface area contributed by atoms with Crippen molar-refractivity contribution in [1.29, 1.82) is 0 Å². The molecule has 0 aromatic heterocycles. The van der Waals surface area contributed by atoms with Crippen molar-refractivity contribution in [3.63, 3.8) is 0 Å². The van der Waals surface area contributed by atoms with Crippen molar-refractivity contribution < 1.29 is 61.6 Å². The normalized spacial score (nSPS) is 13.0. The van der Waals surface area contributed by atoms with Crippen LogP contribution in [0.4, 0.5) is 0 Å². The lowest BCUT2D eigenvalue weighted by atomic mass is 10.1. The van der Waals surface area contributed by atoms with Gasteiger partial charge in [-0.25, -0.2) is 0 Å². The Morgan fingerprint density at radius 1 is 0.234 bits per heavy atom. The summed E-state index contributed by atoms with van der Waals surface area (Å²) in [6, 6.07) is 0. The van der Waals surface area contributed by atoms with Crippen LogP contribution in [0.5, 0.6) is 0 Å². The van der Waals surface area contributed by atoms with Crippen molar-refractivity contribution in [2.45, 2.75) is 40.5 Å². The Morgan fingerprint density at radius 3 is 0.489 bits per heavy atom. The minimum atomic E-state index is 0.515. The van der Waals surface area contributed by atoms with E-state index in [9.17, 15) is 0 Å². The van der Waals surface area contributed by atoms with Crippen molar-refractivity contribution in [2.24, 2.45) is 11.8 Å². The molecule has 47 heavy (non-hydrogen) atoms. The third kappa shape index (κ3) is 41.6. The van der Waals surface area contributed by atoms with E-state index in [0.717, 1.165) is 26.1 Å². The molecule has 0 aromatic carbocycles. The Morgan fingerprint density at radius 2 is 0.362 bits per heavy atom. The van der Waals surface area contributed by atoms with E-state index in [1.165, 1.54) is 0 Å². The highest BCUT2D eigenvalue weighted by Gasteiger charge is 2.00. The molecule has 0 amide bonds. The monoisotopic (exact) mass is 686 g/mol. The molecular weight excluding hydrogens is 616 g/mol. The minimum Gasteiger partial charge on any atom is -0.379 e. The van der Waals surface area contributed by atoms with Gasteiger partial charge in [-0.2, -0.15) is 0 Å². The SMILES string of the molecule is CCC(C)COCCOCCOCCOCCOCCOCCOCCOCCOCCOCCOCCOCCOCC(C)CC. The Hall–Kier alpha value is -0.520. The highest BCUT2D eigenvalue weighted by Crippen LogP contribution is 2.00. The van der Waals surface area contributed by atoms with Gasteiger partial charge in [0.2, 0.25) is 0 Å². The third-order valence-electron chi connectivity index (χ3n) is 6.66. The zero-order valence-corrected chi connectivity index (χ0v) is 30.3. The van der Waals surface area contributed by atoms with Gasteiger partial charge in [0.1, 0.15) is 0 Å². The topological polar surface area (TPSA) is 120 Å². The van der Waals surface area contributed by atoms with Gasteiger partial charge < -0.3 is 61.6 Å². The largest absolute Gasteiger partial charge is 0.379 e. The summed E-state index contributed by atoms with van der Waals surface area (Å²) in [5.74, 6) is 1.20. The Kier molecular flexibility index (Phi) is 41.2. The molecule has 0 radical (unpaired) electrons. The van der Waals surface area contributed by atoms with Gasteiger partial charge in [-0.1, -0.05) is 40.5 Å². The van der Waals surface area contributed by atoms with Crippen molar-refractivity contribution >= 4 is 0 Å². The summed E-state index contributed by atoms with van der Waals surface area (Å²) in [5.41, 5.74) is 0. The maximum atomic E-state index is 5.54. The molecule has 0 aliphatic carbocycles. The number of rotatable bonds is 42. The molecule has 0 heterocycles. The molecule has 2 atom stereocenters. The smallest absolute Gasteiger partial charge is 0.0701 e. The third-order valence-corrected chi connectivity index (χ3v) is 6.66. The van der Waals surface area contributed by atoms with E-state index in [0.29, 0.717) is 170 Å². The van der Waals surface area contributed by atoms with Crippen LogP contribution in [-0.4, -0.2) is 172 Å². The lowest BCUT2D eigenvalue weighted by Gasteiger charge is -2.10. The summed E-state index contributed by atoms with van der Waals surface area (Å²) >= 11 is 0. The molecular formula is C34H70O13. The molecule has 13 nitrogen and oxygen atoms in total. The van der Waals surface area contributed by atoms with Crippen LogP contribution in [0.3, 0.4) is 0 Å². The molecule has 0 aromatic rings. The zero-order chi connectivity index (χ0) is 34.1. The van der Waals surface area contributed by atoms with Gasteiger partial charge in [-0.15, -0.1) is 0 Å². The molecule has 0 saturated heterocycles. The van der Waals surface area contributed by atoms with E-state index in [-0.39, 0.29) is 0 Å². The first-order valence-corrected chi connectivity index (χ1v) is 17.7. The van der Waals surface area contributed by atoms with Crippen LogP contribution in [0, 0.1) is 11.8 Å². The molecule has 284 valence electrons. The van der Waals surface area contributed by atoms with Crippen LogP contribution in [-0.2, 0) is 61.6 Å². The zero-order valence-electron chi connectivity index (χ0n) is 30.3. The van der Waals surface area contributed by atoms with Crippen molar-refractivity contribution in [2.75, 3.05) is 172 Å². The van der Waals surface area contributed by atoms with E-state index >= 15 is 0 Å². The molecule has 0 fully saturated rings. The highest BCUT2D eigenvalue weighted by molar-refractivity contribution is 4.47. The van der Waals surface area contributed by atoms with Crippen molar-refractivity contribution in [1.82, 2.24) is 0 Å². The summed E-state index contributed by atoms with van der Waals surface area (Å²) < 4.78 is 71.4. The van der Waals surface area contributed by atoms with Gasteiger partial charge in [-0.05, 0) is 11.8 Å². The van der Waals surface area contributed by atoms with Crippen LogP contribution in [0.15, 0.2) is 0 Å². The van der Waals surface area contributed by atoms with Crippen molar-refractivity contribution in [3.8, 4) is 0 Å². The second kappa shape index (κ2) is 41.7. The first-order valence-electron chi connectivity index (χ1n) is 17.7. The summed E-state index contributed by atoms with van der Waals surface area (Å²) in [6.07, 6.45) is 2.27. The van der Waals surface area contributed by atoms with E-state index in [4.69, 9.17) is 61.6 Å². The lowest BCUT2D eigenvalue weighted by Crippen LogP contribution is -2.15. The summed E-state index contributed by atoms with van der Waals surface area (Å²) in [6.45, 7) is 23.3. The molecule has 0 aliphatic heterocycles. The lowest BCUT2D eigenvalue weighted by molar-refractivity contribution is -0.0294. The first-order chi connectivity index (χ1) is 23.2. The van der Waals surface area contributed by atoms with Gasteiger partial charge in [0.15, 0.2) is 0 Å². The predicted octanol–water partition coefficient (Wildman–Crippen LogP) is 3.29. The number of hydrogen-bond acceptors (Lipinski definition) is 13. The fourth-order valence-corrected chi connectivity index (χ4v) is 3.34. The van der Waals surface area contributed by atoms with Crippen LogP contribution in [0.2, 0.25) is 0 Å². The fourth-order valence-electron chi connectivity index (χ4n) is 3.34. The molecule has 2 unspecified atom stereocenters. The maximum Gasteiger partial charge on any atom is 0.0701 e. The van der Waals surface area contributed by atoms with Gasteiger partial charge >= 0.3 is 0 Å². The quantitative estimate of drug-likeness (QED) is 0.0875. The van der Waals surface area contributed by atoms with E-state index < -0.39 is 0 Å². The minimum absolute atomic E-state index is 0.515. The second-order valence-corrected chi connectivity index (χ2v) is 10.9. The average molecular weight is 687 g/mol. The molecule has 0 aliphatic rings. The molecule has 13 heteroatoms. The molecule has 0 saturated carbocycles. The molecule has 0 rings (SSSR count). The Bertz CT molecular complexity index is 516. The Labute approximate surface area is 285 Å². The summed E-state index contributed by atoms with van der Waals surface area (Å²) in [5, 5.41) is 0. The van der Waals surface area contributed by atoms with Crippen LogP contribution < -0.4 is 0 Å². The van der Waals surface area contributed by atoms with Gasteiger partial charge in [0, 0.05) is 13.2 Å². The standard InChI is InChI=1S/C34H70O13/c1-5-33(3)31-46-29-27-44-25-23-42-21-19-40-17-15-38-13-11-36-9-7-35-8-10-37-12-14-39-16-18-41-20-22-43-24-26-45-28-30-47-32-34(4)6-2/h33-34H,5-32H2,1-4H3. The molecule has 0 spiro atoms. The maximum absolute atomic E-state index is 5.54. The van der Waals surface area contributed by atoms with Crippen LogP contribution in [0.25, 0.3) is 0 Å². The van der Waals surface area contributed by atoms with Gasteiger partial charge in [0.25, 0.3) is 0 Å². The van der Waals surface area contributed by atoms with Gasteiger partial charge in [-0.3, -0.25) is 0 Å². The van der Waals surface area contributed by atoms with E-state index in [1.54, 1.807) is 0 Å². The highest BCUT2D eigenvalue weighted by atomic mass is 16.6. The summed E-state index contributed by atoms with van der Waals surface area (Å²) in [4.78, 5) is 0. The summed E-state index contributed by atoms with van der Waals surface area (Å²) in [7, 11) is 0. The second-order valence-electron chi connectivity index (χ2n) is 10.9. The first kappa shape index (κ1) is 46.5. The van der Waals surface area contributed by atoms with Gasteiger partial charge in [0.05, 0.1) is 159 Å². The molecule has 0 bridgehead atoms.